The summed E-state index contributed by atoms with van der Waals surface area (Å²) in [4.78, 5) is 21.9. The topological polar surface area (TPSA) is 95.2 Å². The van der Waals surface area contributed by atoms with Gasteiger partial charge in [-0.3, -0.25) is 9.69 Å². The molecule has 7 nitrogen and oxygen atoms in total. The largest absolute Gasteiger partial charge is 0.309 e. The summed E-state index contributed by atoms with van der Waals surface area (Å²) in [6, 6.07) is 7.24. The number of H-pyrrole nitrogens is 1. The van der Waals surface area contributed by atoms with E-state index in [1.165, 1.54) is 6.26 Å². The van der Waals surface area contributed by atoms with E-state index in [0.717, 1.165) is 25.9 Å². The fourth-order valence-electron chi connectivity index (χ4n) is 3.18. The van der Waals surface area contributed by atoms with Gasteiger partial charge in [-0.25, -0.2) is 18.1 Å². The highest BCUT2D eigenvalue weighted by atomic mass is 32.2. The third kappa shape index (κ3) is 3.82. The molecular weight excluding hydrogens is 328 g/mol. The molecule has 2 N–H and O–H groups in total. The summed E-state index contributed by atoms with van der Waals surface area (Å²) < 4.78 is 25.3. The van der Waals surface area contributed by atoms with Crippen LogP contribution in [0.1, 0.15) is 31.6 Å². The van der Waals surface area contributed by atoms with E-state index < -0.39 is 10.0 Å². The quantitative estimate of drug-likeness (QED) is 0.858. The Morgan fingerprint density at radius 1 is 1.29 bits per heavy atom. The lowest BCUT2D eigenvalue weighted by Gasteiger charge is -2.35. The molecule has 1 aliphatic heterocycles. The highest BCUT2D eigenvalue weighted by Crippen LogP contribution is 2.22. The molecule has 24 heavy (non-hydrogen) atoms. The maximum atomic E-state index is 12.2. The molecule has 0 spiro atoms. The van der Waals surface area contributed by atoms with Crippen molar-refractivity contribution in [2.75, 3.05) is 19.3 Å². The zero-order chi connectivity index (χ0) is 17.3. The van der Waals surface area contributed by atoms with Crippen LogP contribution in [-0.2, 0) is 10.0 Å². The van der Waals surface area contributed by atoms with Crippen molar-refractivity contribution in [2.45, 2.75) is 31.8 Å². The van der Waals surface area contributed by atoms with Crippen LogP contribution in [0.3, 0.4) is 0 Å². The molecular formula is C16H22N4O3S. The Hall–Kier alpha value is -1.77. The molecule has 2 heterocycles. The summed E-state index contributed by atoms with van der Waals surface area (Å²) in [7, 11) is -3.17. The van der Waals surface area contributed by atoms with Crippen molar-refractivity contribution in [1.82, 2.24) is 19.6 Å². The second kappa shape index (κ2) is 6.62. The van der Waals surface area contributed by atoms with Crippen LogP contribution in [0.2, 0.25) is 0 Å². The Balaban J connectivity index is 1.74. The van der Waals surface area contributed by atoms with Gasteiger partial charge in [0, 0.05) is 19.1 Å². The number of likely N-dealkylation sites (tertiary alicyclic amines) is 1. The molecule has 1 saturated heterocycles. The fourth-order valence-corrected chi connectivity index (χ4v) is 4.02. The van der Waals surface area contributed by atoms with Crippen molar-refractivity contribution in [2.24, 2.45) is 0 Å². The van der Waals surface area contributed by atoms with Crippen LogP contribution in [0.15, 0.2) is 29.1 Å². The van der Waals surface area contributed by atoms with Crippen LogP contribution in [0.25, 0.3) is 10.9 Å². The number of rotatable bonds is 4. The van der Waals surface area contributed by atoms with Crippen LogP contribution < -0.4 is 10.3 Å². The first-order valence-corrected chi connectivity index (χ1v) is 9.93. The van der Waals surface area contributed by atoms with Gasteiger partial charge < -0.3 is 4.98 Å². The summed E-state index contributed by atoms with van der Waals surface area (Å²) in [5.41, 5.74) is 0.563. The predicted molar refractivity (Wildman–Crippen MR) is 93.4 cm³/mol. The molecule has 3 rings (SSSR count). The number of nitrogens with zero attached hydrogens (tertiary/aromatic N) is 2. The number of sulfonamides is 1. The van der Waals surface area contributed by atoms with Crippen LogP contribution in [0.5, 0.6) is 0 Å². The zero-order valence-electron chi connectivity index (χ0n) is 13.8. The first-order valence-electron chi connectivity index (χ1n) is 8.04. The summed E-state index contributed by atoms with van der Waals surface area (Å²) in [5.74, 6) is 0.647. The van der Waals surface area contributed by atoms with E-state index >= 15 is 0 Å². The Kier molecular flexibility index (Phi) is 4.71. The van der Waals surface area contributed by atoms with Crippen molar-refractivity contribution in [3.8, 4) is 0 Å². The number of hydrogen-bond donors (Lipinski definition) is 2. The Bertz CT molecular complexity index is 886. The van der Waals surface area contributed by atoms with E-state index in [2.05, 4.69) is 19.6 Å². The molecule has 0 aliphatic carbocycles. The van der Waals surface area contributed by atoms with Crippen LogP contribution in [-0.4, -0.2) is 48.7 Å². The lowest BCUT2D eigenvalue weighted by molar-refractivity contribution is 0.154. The number of aromatic nitrogens is 2. The number of nitrogens with one attached hydrogen (secondary N) is 2. The predicted octanol–water partition coefficient (Wildman–Crippen LogP) is 0.998. The van der Waals surface area contributed by atoms with Crippen molar-refractivity contribution in [3.63, 3.8) is 0 Å². The van der Waals surface area contributed by atoms with Gasteiger partial charge in [0.05, 0.1) is 23.2 Å². The molecule has 0 bridgehead atoms. The Labute approximate surface area is 141 Å². The number of hydrogen-bond acceptors (Lipinski definition) is 5. The molecule has 0 amide bonds. The normalized spacial score (nSPS) is 18.8. The fraction of sp³-hybridized carbons (Fsp3) is 0.500. The molecule has 0 radical (unpaired) electrons. The van der Waals surface area contributed by atoms with Crippen molar-refractivity contribution < 1.29 is 8.42 Å². The van der Waals surface area contributed by atoms with Crippen LogP contribution >= 0.6 is 0 Å². The highest BCUT2D eigenvalue weighted by molar-refractivity contribution is 7.88. The molecule has 0 saturated carbocycles. The summed E-state index contributed by atoms with van der Waals surface area (Å²) in [6.07, 6.45) is 2.68. The van der Waals surface area contributed by atoms with E-state index in [9.17, 15) is 13.2 Å². The molecule has 1 aromatic carbocycles. The molecule has 1 aliphatic rings. The Morgan fingerprint density at radius 3 is 2.62 bits per heavy atom. The monoisotopic (exact) mass is 350 g/mol. The molecule has 1 atom stereocenters. The zero-order valence-corrected chi connectivity index (χ0v) is 14.6. The molecule has 8 heteroatoms. The van der Waals surface area contributed by atoms with Gasteiger partial charge in [0.1, 0.15) is 5.82 Å². The van der Waals surface area contributed by atoms with E-state index in [1.54, 1.807) is 6.07 Å². The lowest BCUT2D eigenvalue weighted by atomic mass is 10.0. The smallest absolute Gasteiger partial charge is 0.258 e. The first-order chi connectivity index (χ1) is 11.3. The minimum Gasteiger partial charge on any atom is -0.309 e. The molecule has 1 aromatic heterocycles. The molecule has 1 fully saturated rings. The third-order valence-corrected chi connectivity index (χ3v) is 5.25. The van der Waals surface area contributed by atoms with Gasteiger partial charge in [0.2, 0.25) is 10.0 Å². The summed E-state index contributed by atoms with van der Waals surface area (Å²) in [5, 5.41) is 0.588. The standard InChI is InChI=1S/C16H22N4O3S/c1-11(20-9-7-12(8-10-20)19-24(2,22)23)15-17-14-6-4-3-5-13(14)16(21)18-15/h3-6,11-12,19H,7-10H2,1-2H3,(H,17,18,21)/t11-/m1/s1. The number of piperidine rings is 1. The van der Waals surface area contributed by atoms with Gasteiger partial charge in [-0.2, -0.15) is 0 Å². The minimum absolute atomic E-state index is 0.0212. The average molecular weight is 350 g/mol. The van der Waals surface area contributed by atoms with Gasteiger partial charge >= 0.3 is 0 Å². The summed E-state index contributed by atoms with van der Waals surface area (Å²) in [6.45, 7) is 3.52. The second-order valence-electron chi connectivity index (χ2n) is 6.34. The van der Waals surface area contributed by atoms with E-state index in [-0.39, 0.29) is 17.6 Å². The molecule has 0 unspecified atom stereocenters. The minimum atomic E-state index is -3.17. The van der Waals surface area contributed by atoms with Crippen molar-refractivity contribution in [3.05, 3.63) is 40.4 Å². The van der Waals surface area contributed by atoms with Crippen molar-refractivity contribution >= 4 is 20.9 Å². The molecule has 2 aromatic rings. The third-order valence-electron chi connectivity index (χ3n) is 4.48. The first kappa shape index (κ1) is 17.1. The average Bonchev–Trinajstić information content (AvgIpc) is 2.53. The second-order valence-corrected chi connectivity index (χ2v) is 8.12. The highest BCUT2D eigenvalue weighted by Gasteiger charge is 2.26. The van der Waals surface area contributed by atoms with Crippen molar-refractivity contribution in [1.29, 1.82) is 0 Å². The number of benzene rings is 1. The maximum absolute atomic E-state index is 12.2. The van der Waals surface area contributed by atoms with Crippen LogP contribution in [0.4, 0.5) is 0 Å². The molecule has 130 valence electrons. The van der Waals surface area contributed by atoms with Gasteiger partial charge in [-0.1, -0.05) is 12.1 Å². The van der Waals surface area contributed by atoms with Gasteiger partial charge in [0.15, 0.2) is 0 Å². The summed E-state index contributed by atoms with van der Waals surface area (Å²) >= 11 is 0. The number of aromatic amines is 1. The maximum Gasteiger partial charge on any atom is 0.258 e. The SMILES string of the molecule is C[C@H](c1nc2ccccc2c(=O)[nH]1)N1CCC(NS(C)(=O)=O)CC1. The van der Waals surface area contributed by atoms with Gasteiger partial charge in [-0.15, -0.1) is 0 Å². The lowest BCUT2D eigenvalue weighted by Crippen LogP contribution is -2.45. The van der Waals surface area contributed by atoms with Gasteiger partial charge in [0.25, 0.3) is 5.56 Å². The van der Waals surface area contributed by atoms with Gasteiger partial charge in [-0.05, 0) is 31.9 Å². The van der Waals surface area contributed by atoms with Crippen LogP contribution in [0, 0.1) is 0 Å². The number of fused-ring (bicyclic) bond motifs is 1. The van der Waals surface area contributed by atoms with E-state index in [4.69, 9.17) is 0 Å². The van der Waals surface area contributed by atoms with E-state index in [0.29, 0.717) is 16.7 Å². The number of para-hydroxylation sites is 1. The van der Waals surface area contributed by atoms with E-state index in [1.807, 2.05) is 25.1 Å². The Morgan fingerprint density at radius 2 is 1.96 bits per heavy atom.